The molecular weight excluding hydrogens is 324 g/mol. The monoisotopic (exact) mass is 346 g/mol. The maximum absolute atomic E-state index is 10.7. The van der Waals surface area contributed by atoms with Gasteiger partial charge in [-0.25, -0.2) is 0 Å². The molecule has 0 atom stereocenters. The van der Waals surface area contributed by atoms with Crippen molar-refractivity contribution in [3.05, 3.63) is 95.6 Å². The van der Waals surface area contributed by atoms with Gasteiger partial charge in [0.2, 0.25) is 0 Å². The third-order valence-corrected chi connectivity index (χ3v) is 4.67. The minimum Gasteiger partial charge on any atom is -0.485 e. The summed E-state index contributed by atoms with van der Waals surface area (Å²) < 4.78 is 12.2. The van der Waals surface area contributed by atoms with E-state index < -0.39 is 5.60 Å². The SMILES string of the molecule is OC1(c2cccc(OCc3ccccc3)c2OCc2ccccc2)CC1. The van der Waals surface area contributed by atoms with Crippen LogP contribution in [-0.2, 0) is 18.8 Å². The first-order chi connectivity index (χ1) is 12.7. The van der Waals surface area contributed by atoms with Crippen molar-refractivity contribution >= 4 is 0 Å². The minimum atomic E-state index is -0.780. The number of rotatable bonds is 7. The lowest BCUT2D eigenvalue weighted by Gasteiger charge is -2.19. The van der Waals surface area contributed by atoms with Crippen LogP contribution < -0.4 is 9.47 Å². The van der Waals surface area contributed by atoms with Crippen LogP contribution in [0.3, 0.4) is 0 Å². The molecule has 0 amide bonds. The van der Waals surface area contributed by atoms with Crippen LogP contribution in [0.25, 0.3) is 0 Å². The van der Waals surface area contributed by atoms with E-state index in [0.717, 1.165) is 29.5 Å². The Hall–Kier alpha value is -2.78. The summed E-state index contributed by atoms with van der Waals surface area (Å²) in [5.74, 6) is 1.31. The Morgan fingerprint density at radius 2 is 1.27 bits per heavy atom. The van der Waals surface area contributed by atoms with Crippen molar-refractivity contribution in [2.45, 2.75) is 31.7 Å². The molecule has 0 unspecified atom stereocenters. The van der Waals surface area contributed by atoms with Gasteiger partial charge in [-0.2, -0.15) is 0 Å². The van der Waals surface area contributed by atoms with Gasteiger partial charge in [0.25, 0.3) is 0 Å². The first-order valence-electron chi connectivity index (χ1n) is 8.94. The van der Waals surface area contributed by atoms with E-state index in [4.69, 9.17) is 9.47 Å². The molecule has 3 aromatic carbocycles. The molecule has 3 heteroatoms. The largest absolute Gasteiger partial charge is 0.485 e. The van der Waals surface area contributed by atoms with E-state index in [2.05, 4.69) is 0 Å². The molecule has 0 heterocycles. The van der Waals surface area contributed by atoms with E-state index in [1.165, 1.54) is 0 Å². The lowest BCUT2D eigenvalue weighted by Crippen LogP contribution is -2.10. The van der Waals surface area contributed by atoms with Crippen molar-refractivity contribution in [1.82, 2.24) is 0 Å². The Bertz CT molecular complexity index is 855. The third-order valence-electron chi connectivity index (χ3n) is 4.67. The lowest BCUT2D eigenvalue weighted by atomic mass is 10.1. The molecule has 4 rings (SSSR count). The van der Waals surface area contributed by atoms with Crippen molar-refractivity contribution in [1.29, 1.82) is 0 Å². The molecule has 3 nitrogen and oxygen atoms in total. The van der Waals surface area contributed by atoms with Crippen molar-refractivity contribution in [2.75, 3.05) is 0 Å². The summed E-state index contributed by atoms with van der Waals surface area (Å²) in [6.45, 7) is 0.903. The molecule has 0 aliphatic heterocycles. The molecule has 1 aliphatic carbocycles. The molecule has 0 aromatic heterocycles. The summed E-state index contributed by atoms with van der Waals surface area (Å²) in [4.78, 5) is 0. The summed E-state index contributed by atoms with van der Waals surface area (Å²) in [7, 11) is 0. The zero-order valence-corrected chi connectivity index (χ0v) is 14.6. The molecule has 1 saturated carbocycles. The minimum absolute atomic E-state index is 0.440. The topological polar surface area (TPSA) is 38.7 Å². The van der Waals surface area contributed by atoms with Crippen LogP contribution in [0.4, 0.5) is 0 Å². The van der Waals surface area contributed by atoms with Crippen LogP contribution >= 0.6 is 0 Å². The van der Waals surface area contributed by atoms with E-state index in [9.17, 15) is 5.11 Å². The maximum Gasteiger partial charge on any atom is 0.167 e. The Balaban J connectivity index is 1.58. The van der Waals surface area contributed by atoms with Gasteiger partial charge in [-0.1, -0.05) is 72.8 Å². The Kier molecular flexibility index (Phi) is 4.63. The normalized spacial score (nSPS) is 14.7. The van der Waals surface area contributed by atoms with Crippen LogP contribution in [0.5, 0.6) is 11.5 Å². The summed E-state index contributed by atoms with van der Waals surface area (Å²) >= 11 is 0. The number of hydrogen-bond acceptors (Lipinski definition) is 3. The zero-order chi connectivity index (χ0) is 17.8. The number of hydrogen-bond donors (Lipinski definition) is 1. The van der Waals surface area contributed by atoms with Gasteiger partial charge in [0.15, 0.2) is 11.5 Å². The second-order valence-electron chi connectivity index (χ2n) is 6.71. The highest BCUT2D eigenvalue weighted by molar-refractivity contribution is 5.51. The van der Waals surface area contributed by atoms with Crippen molar-refractivity contribution in [3.8, 4) is 11.5 Å². The third kappa shape index (κ3) is 3.73. The number of para-hydroxylation sites is 1. The first-order valence-corrected chi connectivity index (χ1v) is 8.94. The van der Waals surface area contributed by atoms with Gasteiger partial charge in [0, 0.05) is 5.56 Å². The standard InChI is InChI=1S/C23H22O3/c24-23(14-15-23)20-12-7-13-21(25-16-18-8-3-1-4-9-18)22(20)26-17-19-10-5-2-6-11-19/h1-13,24H,14-17H2. The fourth-order valence-corrected chi connectivity index (χ4v) is 3.00. The van der Waals surface area contributed by atoms with Gasteiger partial charge < -0.3 is 14.6 Å². The molecule has 26 heavy (non-hydrogen) atoms. The summed E-state index contributed by atoms with van der Waals surface area (Å²) in [5, 5.41) is 10.7. The quantitative estimate of drug-likeness (QED) is 0.666. The van der Waals surface area contributed by atoms with Crippen LogP contribution in [0.15, 0.2) is 78.9 Å². The van der Waals surface area contributed by atoms with Gasteiger partial charge in [-0.05, 0) is 30.0 Å². The summed E-state index contributed by atoms with van der Waals surface area (Å²) in [6, 6.07) is 25.8. The van der Waals surface area contributed by atoms with Crippen LogP contribution in [-0.4, -0.2) is 5.11 Å². The number of benzene rings is 3. The number of aliphatic hydroxyl groups is 1. The van der Waals surface area contributed by atoms with E-state index in [1.54, 1.807) is 0 Å². The fourth-order valence-electron chi connectivity index (χ4n) is 3.00. The molecule has 1 aliphatic rings. The Morgan fingerprint density at radius 3 is 1.85 bits per heavy atom. The first kappa shape index (κ1) is 16.7. The highest BCUT2D eigenvalue weighted by atomic mass is 16.5. The molecule has 0 spiro atoms. The zero-order valence-electron chi connectivity index (χ0n) is 14.6. The second kappa shape index (κ2) is 7.22. The molecule has 0 saturated heterocycles. The van der Waals surface area contributed by atoms with Gasteiger partial charge in [-0.15, -0.1) is 0 Å². The van der Waals surface area contributed by atoms with Crippen LogP contribution in [0.1, 0.15) is 29.5 Å². The maximum atomic E-state index is 10.7. The van der Waals surface area contributed by atoms with Crippen LogP contribution in [0, 0.1) is 0 Å². The highest BCUT2D eigenvalue weighted by Gasteiger charge is 2.45. The lowest BCUT2D eigenvalue weighted by molar-refractivity contribution is 0.143. The predicted octanol–water partition coefficient (Wildman–Crippen LogP) is 4.83. The number of ether oxygens (including phenoxy) is 2. The molecular formula is C23H22O3. The molecule has 1 N–H and O–H groups in total. The van der Waals surface area contributed by atoms with E-state index in [1.807, 2.05) is 78.9 Å². The summed E-state index contributed by atoms with van der Waals surface area (Å²) in [6.07, 6.45) is 1.52. The predicted molar refractivity (Wildman–Crippen MR) is 101 cm³/mol. The highest BCUT2D eigenvalue weighted by Crippen LogP contribution is 2.51. The summed E-state index contributed by atoms with van der Waals surface area (Å²) in [5.41, 5.74) is 2.22. The Labute approximate surface area is 153 Å². The van der Waals surface area contributed by atoms with E-state index >= 15 is 0 Å². The molecule has 132 valence electrons. The van der Waals surface area contributed by atoms with E-state index in [0.29, 0.717) is 24.7 Å². The van der Waals surface area contributed by atoms with Gasteiger partial charge in [-0.3, -0.25) is 0 Å². The average Bonchev–Trinajstić information content (AvgIpc) is 3.45. The van der Waals surface area contributed by atoms with Crippen molar-refractivity contribution in [2.24, 2.45) is 0 Å². The van der Waals surface area contributed by atoms with Crippen molar-refractivity contribution < 1.29 is 14.6 Å². The fraction of sp³-hybridized carbons (Fsp3) is 0.217. The van der Waals surface area contributed by atoms with E-state index in [-0.39, 0.29) is 0 Å². The molecule has 1 fully saturated rings. The second-order valence-corrected chi connectivity index (χ2v) is 6.71. The molecule has 3 aromatic rings. The van der Waals surface area contributed by atoms with Crippen LogP contribution in [0.2, 0.25) is 0 Å². The molecule has 0 bridgehead atoms. The molecule has 0 radical (unpaired) electrons. The van der Waals surface area contributed by atoms with Gasteiger partial charge in [0.05, 0.1) is 5.60 Å². The van der Waals surface area contributed by atoms with Gasteiger partial charge in [0.1, 0.15) is 13.2 Å². The average molecular weight is 346 g/mol. The Morgan fingerprint density at radius 1 is 0.692 bits per heavy atom. The van der Waals surface area contributed by atoms with Gasteiger partial charge >= 0.3 is 0 Å². The van der Waals surface area contributed by atoms with Crippen molar-refractivity contribution in [3.63, 3.8) is 0 Å². The smallest absolute Gasteiger partial charge is 0.167 e.